The minimum atomic E-state index is -1.86. The number of nitrogens with two attached hydrogens (primary N) is 1. The van der Waals surface area contributed by atoms with Crippen molar-refractivity contribution < 1.29 is 16.1 Å². The number of hydrogen-bond donors (Lipinski definition) is 2. The first-order valence-electron chi connectivity index (χ1n) is 3.54. The molecule has 0 radical (unpaired) electrons. The van der Waals surface area contributed by atoms with Gasteiger partial charge in [0.1, 0.15) is 0 Å². The van der Waals surface area contributed by atoms with Gasteiger partial charge in [0, 0.05) is 1.37 Å². The van der Waals surface area contributed by atoms with E-state index < -0.39 is 24.2 Å². The van der Waals surface area contributed by atoms with Gasteiger partial charge in [-0.25, -0.2) is 4.79 Å². The van der Waals surface area contributed by atoms with Crippen LogP contribution in [0.4, 0.5) is 0 Å². The summed E-state index contributed by atoms with van der Waals surface area (Å²) in [5.74, 6) is -2.12. The van der Waals surface area contributed by atoms with Crippen molar-refractivity contribution >= 4 is 11.8 Å². The van der Waals surface area contributed by atoms with Crippen LogP contribution in [0.5, 0.6) is 0 Å². The van der Waals surface area contributed by atoms with Crippen LogP contribution in [-0.4, -0.2) is 22.4 Å². The van der Waals surface area contributed by atoms with E-state index in [1.807, 2.05) is 0 Å². The van der Waals surface area contributed by atoms with Gasteiger partial charge in [-0.15, -0.1) is 0 Å². The fourth-order valence-electron chi connectivity index (χ4n) is 0.468. The zero-order chi connectivity index (χ0) is 9.07. The standard InChI is InChI=1S/C6H11NO3/c1-3-6(7,4(2)8)5(9)10/h3,7H2,1-2H3,(H,9,10)/i2D. The summed E-state index contributed by atoms with van der Waals surface area (Å²) in [5.41, 5.74) is 3.37. The van der Waals surface area contributed by atoms with Gasteiger partial charge in [0.2, 0.25) is 0 Å². The number of carboxylic acid groups (broad SMARTS) is 1. The maximum absolute atomic E-state index is 10.8. The SMILES string of the molecule is [2H]CC(=O)C(N)(CC)C(=O)O. The number of aliphatic carboxylic acids is 1. The van der Waals surface area contributed by atoms with Crippen molar-refractivity contribution in [1.82, 2.24) is 0 Å². The summed E-state index contributed by atoms with van der Waals surface area (Å²) >= 11 is 0. The molecule has 10 heavy (non-hydrogen) atoms. The number of ketones is 1. The fraction of sp³-hybridized carbons (Fsp3) is 0.667. The zero-order valence-electron chi connectivity index (χ0n) is 6.76. The van der Waals surface area contributed by atoms with Gasteiger partial charge >= 0.3 is 5.97 Å². The van der Waals surface area contributed by atoms with Gasteiger partial charge in [-0.2, -0.15) is 0 Å². The highest BCUT2D eigenvalue weighted by Gasteiger charge is 2.36. The summed E-state index contributed by atoms with van der Waals surface area (Å²) in [5, 5.41) is 8.50. The molecule has 3 N–H and O–H groups in total. The number of hydrogen-bond acceptors (Lipinski definition) is 3. The first-order chi connectivity index (χ1) is 4.99. The fourth-order valence-corrected chi connectivity index (χ4v) is 0.468. The molecule has 0 fully saturated rings. The van der Waals surface area contributed by atoms with Crippen LogP contribution in [-0.2, 0) is 9.59 Å². The van der Waals surface area contributed by atoms with E-state index >= 15 is 0 Å². The number of carbonyl (C=O) groups is 2. The van der Waals surface area contributed by atoms with Crippen LogP contribution in [0, 0.1) is 0 Å². The lowest BCUT2D eigenvalue weighted by atomic mass is 9.93. The quantitative estimate of drug-likeness (QED) is 0.539. The van der Waals surface area contributed by atoms with Crippen molar-refractivity contribution in [3.63, 3.8) is 0 Å². The van der Waals surface area contributed by atoms with Crippen molar-refractivity contribution in [2.24, 2.45) is 5.73 Å². The molecule has 0 aromatic carbocycles. The first-order valence-corrected chi connectivity index (χ1v) is 2.83. The van der Waals surface area contributed by atoms with E-state index in [4.69, 9.17) is 12.2 Å². The van der Waals surface area contributed by atoms with E-state index in [1.165, 1.54) is 6.92 Å². The highest BCUT2D eigenvalue weighted by molar-refractivity contribution is 6.06. The molecule has 0 bridgehead atoms. The molecule has 0 saturated carbocycles. The Morgan fingerprint density at radius 3 is 2.40 bits per heavy atom. The van der Waals surface area contributed by atoms with Crippen LogP contribution < -0.4 is 5.73 Å². The monoisotopic (exact) mass is 146 g/mol. The first kappa shape index (κ1) is 7.21. The van der Waals surface area contributed by atoms with Crippen LogP contribution in [0.15, 0.2) is 0 Å². The van der Waals surface area contributed by atoms with Crippen LogP contribution in [0.2, 0.25) is 0 Å². The summed E-state index contributed by atoms with van der Waals surface area (Å²) in [7, 11) is 0. The lowest BCUT2D eigenvalue weighted by molar-refractivity contribution is -0.147. The van der Waals surface area contributed by atoms with Crippen molar-refractivity contribution in [3.05, 3.63) is 0 Å². The molecule has 0 saturated heterocycles. The summed E-state index contributed by atoms with van der Waals surface area (Å²) in [6.45, 7) is 0.915. The molecule has 0 aromatic heterocycles. The number of Topliss-reactive ketones (excluding diaryl/α,β-unsaturated/α-hetero) is 1. The van der Waals surface area contributed by atoms with Crippen LogP contribution in [0.25, 0.3) is 0 Å². The predicted octanol–water partition coefficient (Wildman–Crippen LogP) is -0.233. The molecule has 58 valence electrons. The molecular weight excluding hydrogens is 134 g/mol. The molecule has 0 spiro atoms. The Bertz CT molecular complexity index is 183. The highest BCUT2D eigenvalue weighted by Crippen LogP contribution is 2.06. The van der Waals surface area contributed by atoms with Gasteiger partial charge in [-0.1, -0.05) is 6.92 Å². The molecular formula is C6H11NO3. The van der Waals surface area contributed by atoms with Gasteiger partial charge in [0.25, 0.3) is 0 Å². The molecule has 0 rings (SSSR count). The Balaban J connectivity index is 4.59. The van der Waals surface area contributed by atoms with Crippen molar-refractivity contribution in [2.45, 2.75) is 25.8 Å². The smallest absolute Gasteiger partial charge is 0.331 e. The van der Waals surface area contributed by atoms with E-state index in [2.05, 4.69) is 0 Å². The van der Waals surface area contributed by atoms with E-state index in [0.717, 1.165) is 0 Å². The molecule has 4 nitrogen and oxygen atoms in total. The number of rotatable bonds is 3. The molecule has 0 aliphatic carbocycles. The normalized spacial score (nSPS) is 17.2. The third-order valence-corrected chi connectivity index (χ3v) is 1.44. The third kappa shape index (κ3) is 1.33. The highest BCUT2D eigenvalue weighted by atomic mass is 16.4. The Morgan fingerprint density at radius 1 is 1.80 bits per heavy atom. The molecule has 1 atom stereocenters. The molecule has 0 aromatic rings. The van der Waals surface area contributed by atoms with Crippen molar-refractivity contribution in [1.29, 1.82) is 0 Å². The molecule has 0 amide bonds. The van der Waals surface area contributed by atoms with Crippen LogP contribution in [0.1, 0.15) is 21.6 Å². The number of carboxylic acids is 1. The van der Waals surface area contributed by atoms with Crippen LogP contribution >= 0.6 is 0 Å². The molecule has 0 aliphatic heterocycles. The molecule has 1 unspecified atom stereocenters. The Hall–Kier alpha value is -0.900. The lowest BCUT2D eigenvalue weighted by Crippen LogP contribution is -2.53. The van der Waals surface area contributed by atoms with E-state index in [-0.39, 0.29) is 6.42 Å². The Kier molecular flexibility index (Phi) is 2.01. The van der Waals surface area contributed by atoms with Gasteiger partial charge in [0.05, 0.1) is 0 Å². The second-order valence-corrected chi connectivity index (χ2v) is 2.05. The predicted molar refractivity (Wildman–Crippen MR) is 35.5 cm³/mol. The second-order valence-electron chi connectivity index (χ2n) is 2.05. The zero-order valence-corrected chi connectivity index (χ0v) is 5.76. The van der Waals surface area contributed by atoms with Crippen molar-refractivity contribution in [3.8, 4) is 0 Å². The van der Waals surface area contributed by atoms with E-state index in [9.17, 15) is 9.59 Å². The second kappa shape index (κ2) is 2.79. The summed E-state index contributed by atoms with van der Waals surface area (Å²) in [6.07, 6.45) is 0.0139. The van der Waals surface area contributed by atoms with E-state index in [0.29, 0.717) is 0 Å². The van der Waals surface area contributed by atoms with Crippen LogP contribution in [0.3, 0.4) is 0 Å². The molecule has 0 aliphatic rings. The maximum atomic E-state index is 10.8. The Labute approximate surface area is 60.4 Å². The minimum absolute atomic E-state index is 0.0139. The lowest BCUT2D eigenvalue weighted by Gasteiger charge is -2.18. The topological polar surface area (TPSA) is 80.4 Å². The van der Waals surface area contributed by atoms with Gasteiger partial charge in [0.15, 0.2) is 11.3 Å². The van der Waals surface area contributed by atoms with Gasteiger partial charge in [-0.3, -0.25) is 4.79 Å². The largest absolute Gasteiger partial charge is 0.480 e. The Morgan fingerprint density at radius 2 is 2.30 bits per heavy atom. The summed E-state index contributed by atoms with van der Waals surface area (Å²) in [6, 6.07) is 0. The summed E-state index contributed by atoms with van der Waals surface area (Å²) < 4.78 is 6.67. The van der Waals surface area contributed by atoms with Crippen molar-refractivity contribution in [2.75, 3.05) is 0 Å². The molecule has 0 heterocycles. The van der Waals surface area contributed by atoms with Gasteiger partial charge in [-0.05, 0) is 13.3 Å². The average molecular weight is 146 g/mol. The third-order valence-electron chi connectivity index (χ3n) is 1.44. The maximum Gasteiger partial charge on any atom is 0.331 e. The minimum Gasteiger partial charge on any atom is -0.480 e. The summed E-state index contributed by atoms with van der Waals surface area (Å²) in [4.78, 5) is 21.2. The van der Waals surface area contributed by atoms with E-state index in [1.54, 1.807) is 0 Å². The number of carbonyl (C=O) groups excluding carboxylic acids is 1. The average Bonchev–Trinajstić information content (AvgIpc) is 2.01. The van der Waals surface area contributed by atoms with Gasteiger partial charge < -0.3 is 10.8 Å². The molecule has 4 heteroatoms.